The molecule has 0 aliphatic heterocycles. The highest BCUT2D eigenvalue weighted by Crippen LogP contribution is 2.21. The van der Waals surface area contributed by atoms with Crippen LogP contribution in [0.3, 0.4) is 0 Å². The minimum absolute atomic E-state index is 0.0220. The quantitative estimate of drug-likeness (QED) is 0.325. The average molecular weight is 448 g/mol. The second kappa shape index (κ2) is 10.5. The van der Waals surface area contributed by atoms with E-state index in [-0.39, 0.29) is 5.91 Å². The number of hydrogen-bond acceptors (Lipinski definition) is 4. The summed E-state index contributed by atoms with van der Waals surface area (Å²) in [6.45, 7) is 6.35. The molecule has 0 unspecified atom stereocenters. The van der Waals surface area contributed by atoms with Gasteiger partial charge in [-0.1, -0.05) is 30.3 Å². The number of carbonyl (C=O) groups excluding carboxylic acids is 1. The Morgan fingerprint density at radius 1 is 1.06 bits per heavy atom. The summed E-state index contributed by atoms with van der Waals surface area (Å²) in [4.78, 5) is 17.8. The summed E-state index contributed by atoms with van der Waals surface area (Å²) in [6, 6.07) is 18.1. The fraction of sp³-hybridized carbons (Fsp3) is 0.308. The Morgan fingerprint density at radius 3 is 2.78 bits per heavy atom. The number of ether oxygens (including phenoxy) is 1. The molecule has 166 valence electrons. The molecule has 0 aliphatic rings. The van der Waals surface area contributed by atoms with Crippen molar-refractivity contribution in [2.45, 2.75) is 39.7 Å². The minimum atomic E-state index is -0.0220. The molecule has 0 bridgehead atoms. The summed E-state index contributed by atoms with van der Waals surface area (Å²) >= 11 is 1.46. The van der Waals surface area contributed by atoms with Crippen LogP contribution in [0.15, 0.2) is 60.0 Å². The van der Waals surface area contributed by atoms with Gasteiger partial charge >= 0.3 is 0 Å². The predicted molar refractivity (Wildman–Crippen MR) is 131 cm³/mol. The molecule has 2 heterocycles. The highest BCUT2D eigenvalue weighted by Gasteiger charge is 2.12. The van der Waals surface area contributed by atoms with Gasteiger partial charge in [0.1, 0.15) is 11.6 Å². The molecule has 0 aliphatic carbocycles. The monoisotopic (exact) mass is 447 g/mol. The summed E-state index contributed by atoms with van der Waals surface area (Å²) in [5, 5.41) is 4.92. The van der Waals surface area contributed by atoms with Gasteiger partial charge in [0, 0.05) is 19.5 Å². The lowest BCUT2D eigenvalue weighted by Crippen LogP contribution is -2.25. The molecular formula is C26H29N3O2S. The SMILES string of the molecule is Cc1cccc(OCCCCn2c(CCNC(=O)c3cccs3)nc3ccccc32)c1C. The number of hydrogen-bond donors (Lipinski definition) is 1. The van der Waals surface area contributed by atoms with E-state index in [1.165, 1.54) is 22.5 Å². The Balaban J connectivity index is 1.34. The highest BCUT2D eigenvalue weighted by molar-refractivity contribution is 7.12. The molecule has 4 rings (SSSR count). The van der Waals surface area contributed by atoms with Gasteiger partial charge in [-0.15, -0.1) is 11.3 Å². The number of fused-ring (bicyclic) bond motifs is 1. The van der Waals surface area contributed by atoms with Crippen molar-refractivity contribution in [3.8, 4) is 5.75 Å². The van der Waals surface area contributed by atoms with Gasteiger partial charge in [0.2, 0.25) is 0 Å². The molecule has 2 aromatic carbocycles. The number of benzene rings is 2. The lowest BCUT2D eigenvalue weighted by molar-refractivity contribution is 0.0958. The van der Waals surface area contributed by atoms with E-state index >= 15 is 0 Å². The van der Waals surface area contributed by atoms with Crippen molar-refractivity contribution in [1.82, 2.24) is 14.9 Å². The first kappa shape index (κ1) is 22.1. The lowest BCUT2D eigenvalue weighted by atomic mass is 10.1. The molecule has 0 atom stereocenters. The van der Waals surface area contributed by atoms with Gasteiger partial charge in [-0.3, -0.25) is 4.79 Å². The number of unbranched alkanes of at least 4 members (excludes halogenated alkanes) is 1. The molecule has 4 aromatic rings. The molecular weight excluding hydrogens is 418 g/mol. The van der Waals surface area contributed by atoms with Gasteiger partial charge in [-0.2, -0.15) is 0 Å². The van der Waals surface area contributed by atoms with Crippen LogP contribution in [0.25, 0.3) is 11.0 Å². The summed E-state index contributed by atoms with van der Waals surface area (Å²) in [5.74, 6) is 1.96. The number of thiophene rings is 1. The Morgan fingerprint density at radius 2 is 1.94 bits per heavy atom. The number of amides is 1. The number of nitrogens with zero attached hydrogens (tertiary/aromatic N) is 2. The van der Waals surface area contributed by atoms with Gasteiger partial charge in [0.15, 0.2) is 0 Å². The summed E-state index contributed by atoms with van der Waals surface area (Å²) in [5.41, 5.74) is 4.60. The van der Waals surface area contributed by atoms with Gasteiger partial charge in [0.25, 0.3) is 5.91 Å². The van der Waals surface area contributed by atoms with Crippen molar-refractivity contribution in [2.75, 3.05) is 13.2 Å². The molecule has 2 aromatic heterocycles. The fourth-order valence-electron chi connectivity index (χ4n) is 3.78. The topological polar surface area (TPSA) is 56.1 Å². The number of aryl methyl sites for hydroxylation is 2. The van der Waals surface area contributed by atoms with E-state index in [4.69, 9.17) is 9.72 Å². The number of aromatic nitrogens is 2. The molecule has 1 amide bonds. The van der Waals surface area contributed by atoms with E-state index in [1.807, 2.05) is 47.8 Å². The second-order valence-corrected chi connectivity index (χ2v) is 8.85. The summed E-state index contributed by atoms with van der Waals surface area (Å²) < 4.78 is 8.29. The molecule has 0 radical (unpaired) electrons. The molecule has 0 saturated heterocycles. The Labute approximate surface area is 193 Å². The number of rotatable bonds is 10. The Hall–Kier alpha value is -3.12. The van der Waals surface area contributed by atoms with Crippen LogP contribution in [0.4, 0.5) is 0 Å². The fourth-order valence-corrected chi connectivity index (χ4v) is 4.42. The summed E-state index contributed by atoms with van der Waals surface area (Å²) in [7, 11) is 0. The van der Waals surface area contributed by atoms with Crippen LogP contribution >= 0.6 is 11.3 Å². The maximum absolute atomic E-state index is 12.2. The van der Waals surface area contributed by atoms with E-state index in [9.17, 15) is 4.79 Å². The molecule has 5 nitrogen and oxygen atoms in total. The van der Waals surface area contributed by atoms with Crippen LogP contribution in [0.1, 0.15) is 39.5 Å². The third kappa shape index (κ3) is 5.19. The molecule has 0 fully saturated rings. The van der Waals surface area contributed by atoms with Crippen LogP contribution in [0.5, 0.6) is 5.75 Å². The smallest absolute Gasteiger partial charge is 0.261 e. The van der Waals surface area contributed by atoms with E-state index in [2.05, 4.69) is 35.9 Å². The predicted octanol–water partition coefficient (Wildman–Crippen LogP) is 5.55. The maximum Gasteiger partial charge on any atom is 0.261 e. The first-order chi connectivity index (χ1) is 15.6. The van der Waals surface area contributed by atoms with Crippen LogP contribution in [-0.2, 0) is 13.0 Å². The zero-order valence-corrected chi connectivity index (χ0v) is 19.5. The third-order valence-corrected chi connectivity index (χ3v) is 6.57. The lowest BCUT2D eigenvalue weighted by Gasteiger charge is -2.12. The van der Waals surface area contributed by atoms with Crippen LogP contribution < -0.4 is 10.1 Å². The third-order valence-electron chi connectivity index (χ3n) is 5.70. The molecule has 32 heavy (non-hydrogen) atoms. The Kier molecular flexibility index (Phi) is 7.22. The van der Waals surface area contributed by atoms with E-state index in [0.29, 0.717) is 19.6 Å². The number of nitrogens with one attached hydrogen (secondary N) is 1. The van der Waals surface area contributed by atoms with Gasteiger partial charge in [-0.25, -0.2) is 4.98 Å². The van der Waals surface area contributed by atoms with Crippen LogP contribution in [0, 0.1) is 13.8 Å². The maximum atomic E-state index is 12.2. The normalized spacial score (nSPS) is 11.1. The standard InChI is InChI=1S/C26H29N3O2S/c1-19-9-7-12-23(20(19)2)31-17-6-5-16-29-22-11-4-3-10-21(22)28-25(29)14-15-27-26(30)24-13-8-18-32-24/h3-4,7-13,18H,5-6,14-17H2,1-2H3,(H,27,30). The van der Waals surface area contributed by atoms with Crippen molar-refractivity contribution in [3.05, 3.63) is 81.8 Å². The van der Waals surface area contributed by atoms with E-state index in [1.54, 1.807) is 0 Å². The number of imidazole rings is 1. The second-order valence-electron chi connectivity index (χ2n) is 7.91. The first-order valence-corrected chi connectivity index (χ1v) is 12.0. The van der Waals surface area contributed by atoms with E-state index < -0.39 is 0 Å². The molecule has 1 N–H and O–H groups in total. The molecule has 0 saturated carbocycles. The van der Waals surface area contributed by atoms with Gasteiger partial charge in [0.05, 0.1) is 22.5 Å². The van der Waals surface area contributed by atoms with Crippen molar-refractivity contribution in [2.24, 2.45) is 0 Å². The average Bonchev–Trinajstić information content (AvgIpc) is 3.45. The van der Waals surface area contributed by atoms with Crippen molar-refractivity contribution in [3.63, 3.8) is 0 Å². The first-order valence-electron chi connectivity index (χ1n) is 11.1. The largest absolute Gasteiger partial charge is 0.493 e. The van der Waals surface area contributed by atoms with Crippen LogP contribution in [-0.4, -0.2) is 28.6 Å². The van der Waals surface area contributed by atoms with Crippen molar-refractivity contribution in [1.29, 1.82) is 0 Å². The van der Waals surface area contributed by atoms with E-state index in [0.717, 1.165) is 46.9 Å². The molecule has 6 heteroatoms. The number of para-hydroxylation sites is 2. The van der Waals surface area contributed by atoms with Crippen molar-refractivity contribution < 1.29 is 9.53 Å². The highest BCUT2D eigenvalue weighted by atomic mass is 32.1. The van der Waals surface area contributed by atoms with Gasteiger partial charge < -0.3 is 14.6 Å². The number of carbonyl (C=O) groups is 1. The van der Waals surface area contributed by atoms with Gasteiger partial charge in [-0.05, 0) is 67.5 Å². The molecule has 0 spiro atoms. The minimum Gasteiger partial charge on any atom is -0.493 e. The van der Waals surface area contributed by atoms with Crippen molar-refractivity contribution >= 4 is 28.3 Å². The zero-order valence-electron chi connectivity index (χ0n) is 18.6. The van der Waals surface area contributed by atoms with Crippen LogP contribution in [0.2, 0.25) is 0 Å². The summed E-state index contributed by atoms with van der Waals surface area (Å²) in [6.07, 6.45) is 2.67. The Bertz CT molecular complexity index is 1180. The zero-order chi connectivity index (χ0) is 22.3.